The van der Waals surface area contributed by atoms with Gasteiger partial charge in [-0.1, -0.05) is 42.5 Å². The molecule has 0 bridgehead atoms. The molecular weight excluding hydrogens is 346 g/mol. The van der Waals surface area contributed by atoms with Crippen LogP contribution in [0.5, 0.6) is 5.75 Å². The van der Waals surface area contributed by atoms with Crippen molar-refractivity contribution in [1.29, 1.82) is 0 Å². The highest BCUT2D eigenvalue weighted by Crippen LogP contribution is 2.22. The van der Waals surface area contributed by atoms with Gasteiger partial charge in [0.1, 0.15) is 5.75 Å². The van der Waals surface area contributed by atoms with Crippen molar-refractivity contribution in [2.24, 2.45) is 5.92 Å². The summed E-state index contributed by atoms with van der Waals surface area (Å²) < 4.78 is 0. The lowest BCUT2D eigenvalue weighted by molar-refractivity contribution is 0.122. The van der Waals surface area contributed by atoms with Crippen molar-refractivity contribution in [3.05, 3.63) is 65.7 Å². The Morgan fingerprint density at radius 3 is 2.23 bits per heavy atom. The van der Waals surface area contributed by atoms with Crippen LogP contribution in [-0.4, -0.2) is 40.9 Å². The quantitative estimate of drug-likeness (QED) is 0.766. The SMILES string of the molecule is Cl.Oc1ccc(C[C@@H](O)CCN2CCC(Cc3ccccc3)CC2)cc1. The van der Waals surface area contributed by atoms with Crippen molar-refractivity contribution in [2.45, 2.75) is 38.2 Å². The number of phenols is 1. The molecule has 26 heavy (non-hydrogen) atoms. The van der Waals surface area contributed by atoms with E-state index in [9.17, 15) is 10.2 Å². The minimum Gasteiger partial charge on any atom is -0.508 e. The Bertz CT molecular complexity index is 624. The summed E-state index contributed by atoms with van der Waals surface area (Å²) >= 11 is 0. The highest BCUT2D eigenvalue weighted by atomic mass is 35.5. The predicted molar refractivity (Wildman–Crippen MR) is 109 cm³/mol. The summed E-state index contributed by atoms with van der Waals surface area (Å²) in [6, 6.07) is 17.9. The van der Waals surface area contributed by atoms with Crippen LogP contribution in [0.3, 0.4) is 0 Å². The van der Waals surface area contributed by atoms with Gasteiger partial charge in [-0.2, -0.15) is 0 Å². The first kappa shape index (κ1) is 20.8. The van der Waals surface area contributed by atoms with Crippen LogP contribution >= 0.6 is 12.4 Å². The van der Waals surface area contributed by atoms with Gasteiger partial charge in [-0.25, -0.2) is 0 Å². The molecule has 1 fully saturated rings. The second-order valence-electron chi connectivity index (χ2n) is 7.29. The Labute approximate surface area is 163 Å². The number of phenolic OH excluding ortho intramolecular Hbond substituents is 1. The average molecular weight is 376 g/mol. The Kier molecular flexibility index (Phi) is 8.43. The monoisotopic (exact) mass is 375 g/mol. The molecule has 3 rings (SSSR count). The lowest BCUT2D eigenvalue weighted by Crippen LogP contribution is -2.36. The minimum atomic E-state index is -0.313. The third kappa shape index (κ3) is 6.64. The summed E-state index contributed by atoms with van der Waals surface area (Å²) in [5.41, 5.74) is 2.53. The Morgan fingerprint density at radius 2 is 1.58 bits per heavy atom. The zero-order valence-electron chi connectivity index (χ0n) is 15.3. The summed E-state index contributed by atoms with van der Waals surface area (Å²) in [5, 5.41) is 19.6. The van der Waals surface area contributed by atoms with Crippen LogP contribution in [0.1, 0.15) is 30.4 Å². The maximum atomic E-state index is 10.3. The highest BCUT2D eigenvalue weighted by Gasteiger charge is 2.20. The number of rotatable bonds is 7. The standard InChI is InChI=1S/C22H29NO2.ClH/c24-21-8-6-19(7-9-21)17-22(25)12-15-23-13-10-20(11-14-23)16-18-4-2-1-3-5-18;/h1-9,20,22,24-25H,10-17H2;1H/t22-;/m0./s1. The summed E-state index contributed by atoms with van der Waals surface area (Å²) in [6.07, 6.45) is 4.85. The van der Waals surface area contributed by atoms with Crippen LogP contribution < -0.4 is 0 Å². The fourth-order valence-corrected chi connectivity index (χ4v) is 3.70. The fraction of sp³-hybridized carbons (Fsp3) is 0.455. The maximum Gasteiger partial charge on any atom is 0.115 e. The first-order valence-corrected chi connectivity index (χ1v) is 9.41. The molecule has 1 heterocycles. The van der Waals surface area contributed by atoms with Crippen molar-refractivity contribution < 1.29 is 10.2 Å². The Balaban J connectivity index is 0.00000243. The molecule has 1 atom stereocenters. The highest BCUT2D eigenvalue weighted by molar-refractivity contribution is 5.85. The lowest BCUT2D eigenvalue weighted by Gasteiger charge is -2.32. The van der Waals surface area contributed by atoms with E-state index in [1.54, 1.807) is 12.1 Å². The Hall–Kier alpha value is -1.55. The molecular formula is C22H30ClNO2. The lowest BCUT2D eigenvalue weighted by atomic mass is 9.90. The number of piperidine rings is 1. The van der Waals surface area contributed by atoms with Crippen molar-refractivity contribution >= 4 is 12.4 Å². The third-order valence-corrected chi connectivity index (χ3v) is 5.26. The molecule has 0 aromatic heterocycles. The van der Waals surface area contributed by atoms with Crippen LogP contribution in [0.25, 0.3) is 0 Å². The second kappa shape index (κ2) is 10.6. The molecule has 4 heteroatoms. The molecule has 3 nitrogen and oxygen atoms in total. The van der Waals surface area contributed by atoms with Crippen LogP contribution in [0.4, 0.5) is 0 Å². The summed E-state index contributed by atoms with van der Waals surface area (Å²) in [7, 11) is 0. The van der Waals surface area contributed by atoms with Gasteiger partial charge < -0.3 is 15.1 Å². The topological polar surface area (TPSA) is 43.7 Å². The molecule has 1 aliphatic heterocycles. The zero-order valence-corrected chi connectivity index (χ0v) is 16.1. The van der Waals surface area contributed by atoms with Crippen molar-refractivity contribution in [3.8, 4) is 5.75 Å². The van der Waals surface area contributed by atoms with Gasteiger partial charge in [0, 0.05) is 6.54 Å². The van der Waals surface area contributed by atoms with Gasteiger partial charge in [0.15, 0.2) is 0 Å². The first-order valence-electron chi connectivity index (χ1n) is 9.41. The van der Waals surface area contributed by atoms with E-state index < -0.39 is 0 Å². The molecule has 0 saturated carbocycles. The van der Waals surface area contributed by atoms with Gasteiger partial charge >= 0.3 is 0 Å². The molecule has 0 unspecified atom stereocenters. The van der Waals surface area contributed by atoms with Gasteiger partial charge in [0.2, 0.25) is 0 Å². The molecule has 0 aliphatic carbocycles. The third-order valence-electron chi connectivity index (χ3n) is 5.26. The molecule has 142 valence electrons. The van der Waals surface area contributed by atoms with Crippen LogP contribution in [-0.2, 0) is 12.8 Å². The number of benzene rings is 2. The molecule has 1 saturated heterocycles. The van der Waals surface area contributed by atoms with Gasteiger partial charge in [0.05, 0.1) is 6.10 Å². The van der Waals surface area contributed by atoms with E-state index in [0.717, 1.165) is 37.5 Å². The molecule has 0 amide bonds. The molecule has 2 aromatic rings. The maximum absolute atomic E-state index is 10.3. The number of halogens is 1. The second-order valence-corrected chi connectivity index (χ2v) is 7.29. The van der Waals surface area contributed by atoms with Crippen molar-refractivity contribution in [3.63, 3.8) is 0 Å². The number of aliphatic hydroxyl groups excluding tert-OH is 1. The molecule has 0 spiro atoms. The summed E-state index contributed by atoms with van der Waals surface area (Å²) in [4.78, 5) is 2.49. The van der Waals surface area contributed by atoms with Gasteiger partial charge in [-0.15, -0.1) is 12.4 Å². The van der Waals surface area contributed by atoms with Gasteiger partial charge in [0.25, 0.3) is 0 Å². The van der Waals surface area contributed by atoms with Crippen LogP contribution in [0.2, 0.25) is 0 Å². The van der Waals surface area contributed by atoms with E-state index in [1.807, 2.05) is 12.1 Å². The van der Waals surface area contributed by atoms with Crippen molar-refractivity contribution in [1.82, 2.24) is 4.90 Å². The summed E-state index contributed by atoms with van der Waals surface area (Å²) in [5.74, 6) is 1.07. The normalized spacial score (nSPS) is 16.8. The number of nitrogens with zero attached hydrogens (tertiary/aromatic N) is 1. The van der Waals surface area contributed by atoms with E-state index in [4.69, 9.17) is 0 Å². The number of hydrogen-bond donors (Lipinski definition) is 2. The van der Waals surface area contributed by atoms with Crippen molar-refractivity contribution in [2.75, 3.05) is 19.6 Å². The van der Waals surface area contributed by atoms with E-state index in [2.05, 4.69) is 35.2 Å². The van der Waals surface area contributed by atoms with Crippen LogP contribution in [0.15, 0.2) is 54.6 Å². The smallest absolute Gasteiger partial charge is 0.115 e. The van der Waals surface area contributed by atoms with E-state index in [0.29, 0.717) is 6.42 Å². The van der Waals surface area contributed by atoms with E-state index in [-0.39, 0.29) is 24.3 Å². The first-order chi connectivity index (χ1) is 12.2. The molecule has 2 aromatic carbocycles. The number of hydrogen-bond acceptors (Lipinski definition) is 3. The van der Waals surface area contributed by atoms with Crippen LogP contribution in [0, 0.1) is 5.92 Å². The number of aromatic hydroxyl groups is 1. The molecule has 0 radical (unpaired) electrons. The molecule has 2 N–H and O–H groups in total. The number of likely N-dealkylation sites (tertiary alicyclic amines) is 1. The predicted octanol–water partition coefficient (Wildman–Crippen LogP) is 4.06. The Morgan fingerprint density at radius 1 is 0.923 bits per heavy atom. The zero-order chi connectivity index (χ0) is 17.5. The average Bonchev–Trinajstić information content (AvgIpc) is 2.64. The minimum absolute atomic E-state index is 0. The molecule has 1 aliphatic rings. The van der Waals surface area contributed by atoms with E-state index in [1.165, 1.54) is 24.8 Å². The van der Waals surface area contributed by atoms with E-state index >= 15 is 0 Å². The number of aliphatic hydroxyl groups is 1. The largest absolute Gasteiger partial charge is 0.508 e. The summed E-state index contributed by atoms with van der Waals surface area (Å²) in [6.45, 7) is 3.25. The van der Waals surface area contributed by atoms with Gasteiger partial charge in [-0.05, 0) is 74.4 Å². The fourth-order valence-electron chi connectivity index (χ4n) is 3.70. The van der Waals surface area contributed by atoms with Gasteiger partial charge in [-0.3, -0.25) is 0 Å².